The first kappa shape index (κ1) is 20.3. The van der Waals surface area contributed by atoms with E-state index in [2.05, 4.69) is 61.2 Å². The molecule has 0 aliphatic heterocycles. The van der Waals surface area contributed by atoms with Gasteiger partial charge in [-0.1, -0.05) is 65.7 Å². The summed E-state index contributed by atoms with van der Waals surface area (Å²) in [5, 5.41) is 0. The largest absolute Gasteiger partial charge is 0.331 e. The number of aromatic nitrogens is 1. The SMILES string of the molecule is Cc1cc(C)cc(CN(C(=O)c2ccccc2-n2cccc2)C2Cc3ccccc3C2)c1. The van der Waals surface area contributed by atoms with Crippen LogP contribution in [0.1, 0.15) is 38.2 Å². The molecule has 1 heterocycles. The molecule has 0 atom stereocenters. The highest BCUT2D eigenvalue weighted by Gasteiger charge is 2.31. The Morgan fingerprint density at radius 2 is 1.44 bits per heavy atom. The molecule has 0 N–H and O–H groups in total. The van der Waals surface area contributed by atoms with E-state index in [-0.39, 0.29) is 11.9 Å². The zero-order valence-corrected chi connectivity index (χ0v) is 18.7. The Hall–Kier alpha value is -3.59. The Labute approximate surface area is 189 Å². The number of carbonyl (C=O) groups excluding carboxylic acids is 1. The van der Waals surface area contributed by atoms with Gasteiger partial charge < -0.3 is 9.47 Å². The molecule has 0 spiro atoms. The smallest absolute Gasteiger partial charge is 0.256 e. The molecule has 3 nitrogen and oxygen atoms in total. The van der Waals surface area contributed by atoms with Gasteiger partial charge in [0.1, 0.15) is 0 Å². The van der Waals surface area contributed by atoms with Crippen LogP contribution in [0.15, 0.2) is 91.3 Å². The van der Waals surface area contributed by atoms with Crippen LogP contribution in [0.5, 0.6) is 0 Å². The van der Waals surface area contributed by atoms with E-state index in [4.69, 9.17) is 0 Å². The van der Waals surface area contributed by atoms with Crippen molar-refractivity contribution in [1.82, 2.24) is 9.47 Å². The van der Waals surface area contributed by atoms with E-state index in [1.54, 1.807) is 0 Å². The van der Waals surface area contributed by atoms with Gasteiger partial charge in [0.15, 0.2) is 0 Å². The maximum absolute atomic E-state index is 14.1. The van der Waals surface area contributed by atoms with Crippen LogP contribution in [0.3, 0.4) is 0 Å². The van der Waals surface area contributed by atoms with Crippen molar-refractivity contribution in [2.75, 3.05) is 0 Å². The van der Waals surface area contributed by atoms with Gasteiger partial charge in [-0.25, -0.2) is 0 Å². The number of hydrogen-bond donors (Lipinski definition) is 0. The van der Waals surface area contributed by atoms with E-state index in [0.29, 0.717) is 6.54 Å². The molecule has 5 rings (SSSR count). The third kappa shape index (κ3) is 3.99. The molecule has 0 fully saturated rings. The molecule has 3 aromatic carbocycles. The molecule has 160 valence electrons. The molecule has 1 aliphatic carbocycles. The molecular weight excluding hydrogens is 392 g/mol. The second-order valence-corrected chi connectivity index (χ2v) is 8.87. The van der Waals surface area contributed by atoms with Crippen molar-refractivity contribution in [1.29, 1.82) is 0 Å². The van der Waals surface area contributed by atoms with Gasteiger partial charge in [0.2, 0.25) is 0 Å². The maximum atomic E-state index is 14.1. The summed E-state index contributed by atoms with van der Waals surface area (Å²) < 4.78 is 2.02. The molecule has 1 aliphatic rings. The Bertz CT molecular complexity index is 1210. The Morgan fingerprint density at radius 1 is 0.844 bits per heavy atom. The van der Waals surface area contributed by atoms with Gasteiger partial charge >= 0.3 is 0 Å². The first-order chi connectivity index (χ1) is 15.6. The van der Waals surface area contributed by atoms with Crippen molar-refractivity contribution in [2.24, 2.45) is 0 Å². The summed E-state index contributed by atoms with van der Waals surface area (Å²) in [5.41, 5.74) is 8.02. The molecule has 4 aromatic rings. The molecule has 1 amide bonds. The van der Waals surface area contributed by atoms with E-state index < -0.39 is 0 Å². The number of para-hydroxylation sites is 1. The minimum Gasteiger partial charge on any atom is -0.331 e. The predicted octanol–water partition coefficient (Wildman–Crippen LogP) is 5.90. The predicted molar refractivity (Wildman–Crippen MR) is 129 cm³/mol. The van der Waals surface area contributed by atoms with E-state index in [1.165, 1.54) is 27.8 Å². The van der Waals surface area contributed by atoms with Gasteiger partial charge in [0.25, 0.3) is 5.91 Å². The highest BCUT2D eigenvalue weighted by Crippen LogP contribution is 2.29. The lowest BCUT2D eigenvalue weighted by molar-refractivity contribution is 0.0667. The highest BCUT2D eigenvalue weighted by atomic mass is 16.2. The van der Waals surface area contributed by atoms with Crippen molar-refractivity contribution >= 4 is 5.91 Å². The number of carbonyl (C=O) groups is 1. The van der Waals surface area contributed by atoms with E-state index in [9.17, 15) is 4.79 Å². The number of hydrogen-bond acceptors (Lipinski definition) is 1. The van der Waals surface area contributed by atoms with Crippen molar-refractivity contribution in [2.45, 2.75) is 39.3 Å². The fourth-order valence-electron chi connectivity index (χ4n) is 5.01. The van der Waals surface area contributed by atoms with Crippen LogP contribution in [0.25, 0.3) is 5.69 Å². The molecule has 1 aromatic heterocycles. The minimum absolute atomic E-state index is 0.0891. The van der Waals surface area contributed by atoms with Crippen LogP contribution in [0.2, 0.25) is 0 Å². The normalized spacial score (nSPS) is 13.2. The zero-order valence-electron chi connectivity index (χ0n) is 18.7. The monoisotopic (exact) mass is 420 g/mol. The number of amides is 1. The van der Waals surface area contributed by atoms with Gasteiger partial charge in [0.05, 0.1) is 11.3 Å². The summed E-state index contributed by atoms with van der Waals surface area (Å²) in [6.07, 6.45) is 5.79. The topological polar surface area (TPSA) is 25.2 Å². The number of fused-ring (bicyclic) bond motifs is 1. The van der Waals surface area contributed by atoms with Crippen LogP contribution in [0, 0.1) is 13.8 Å². The van der Waals surface area contributed by atoms with Crippen molar-refractivity contribution in [3.05, 3.63) is 125 Å². The summed E-state index contributed by atoms with van der Waals surface area (Å²) in [6, 6.07) is 27.2. The van der Waals surface area contributed by atoms with Crippen molar-refractivity contribution in [3.8, 4) is 5.69 Å². The van der Waals surface area contributed by atoms with Gasteiger partial charge in [-0.3, -0.25) is 4.79 Å². The molecule has 0 radical (unpaired) electrons. The zero-order chi connectivity index (χ0) is 22.1. The second-order valence-electron chi connectivity index (χ2n) is 8.87. The number of nitrogens with zero attached hydrogens (tertiary/aromatic N) is 2. The summed E-state index contributed by atoms with van der Waals surface area (Å²) in [7, 11) is 0. The van der Waals surface area contributed by atoms with Crippen molar-refractivity contribution < 1.29 is 4.79 Å². The lowest BCUT2D eigenvalue weighted by Crippen LogP contribution is -2.40. The van der Waals surface area contributed by atoms with Crippen LogP contribution in [-0.4, -0.2) is 21.4 Å². The van der Waals surface area contributed by atoms with Gasteiger partial charge in [-0.05, 0) is 67.6 Å². The molecule has 3 heteroatoms. The second kappa shape index (κ2) is 8.51. The number of aryl methyl sites for hydroxylation is 2. The molecule has 32 heavy (non-hydrogen) atoms. The quantitative estimate of drug-likeness (QED) is 0.394. The van der Waals surface area contributed by atoms with Gasteiger partial charge in [-0.2, -0.15) is 0 Å². The maximum Gasteiger partial charge on any atom is 0.256 e. The van der Waals surface area contributed by atoms with E-state index in [1.807, 2.05) is 53.4 Å². The summed E-state index contributed by atoms with van der Waals surface area (Å²) >= 11 is 0. The lowest BCUT2D eigenvalue weighted by atomic mass is 10.0. The lowest BCUT2D eigenvalue weighted by Gasteiger charge is -2.30. The molecule has 0 saturated heterocycles. The number of rotatable bonds is 5. The molecule has 0 unspecified atom stereocenters. The van der Waals surface area contributed by atoms with E-state index >= 15 is 0 Å². The van der Waals surface area contributed by atoms with Gasteiger partial charge in [0, 0.05) is 25.0 Å². The van der Waals surface area contributed by atoms with Crippen molar-refractivity contribution in [3.63, 3.8) is 0 Å². The standard InChI is InChI=1S/C29H28N2O/c1-21-15-22(2)17-23(16-21)20-31(26-18-24-9-3-4-10-25(24)19-26)29(32)27-11-5-6-12-28(27)30-13-7-8-14-30/h3-17,26H,18-20H2,1-2H3. The van der Waals surface area contributed by atoms with Crippen LogP contribution >= 0.6 is 0 Å². The average Bonchev–Trinajstić information content (AvgIpc) is 3.46. The van der Waals surface area contributed by atoms with Crippen LogP contribution < -0.4 is 0 Å². The fraction of sp³-hybridized carbons (Fsp3) is 0.207. The van der Waals surface area contributed by atoms with Crippen LogP contribution in [-0.2, 0) is 19.4 Å². The summed E-state index contributed by atoms with van der Waals surface area (Å²) in [5.74, 6) is 0.0891. The summed E-state index contributed by atoms with van der Waals surface area (Å²) in [6.45, 7) is 4.85. The number of benzene rings is 3. The molecule has 0 saturated carbocycles. The Kier molecular flexibility index (Phi) is 5.40. The van der Waals surface area contributed by atoms with E-state index in [0.717, 1.165) is 24.1 Å². The molecular formula is C29H28N2O. The third-order valence-electron chi connectivity index (χ3n) is 6.38. The first-order valence-corrected chi connectivity index (χ1v) is 11.3. The first-order valence-electron chi connectivity index (χ1n) is 11.3. The third-order valence-corrected chi connectivity index (χ3v) is 6.38. The fourth-order valence-corrected chi connectivity index (χ4v) is 5.01. The minimum atomic E-state index is 0.0891. The highest BCUT2D eigenvalue weighted by molar-refractivity contribution is 5.98. The van der Waals surface area contributed by atoms with Gasteiger partial charge in [-0.15, -0.1) is 0 Å². The average molecular weight is 421 g/mol. The molecule has 0 bridgehead atoms. The summed E-state index contributed by atoms with van der Waals surface area (Å²) in [4.78, 5) is 16.2. The Balaban J connectivity index is 1.54. The van der Waals surface area contributed by atoms with Crippen LogP contribution in [0.4, 0.5) is 0 Å². The Morgan fingerprint density at radius 3 is 2.09 bits per heavy atom.